The molecule has 1 aliphatic heterocycles. The van der Waals surface area contributed by atoms with Crippen LogP contribution < -0.4 is 5.73 Å². The van der Waals surface area contributed by atoms with Gasteiger partial charge in [-0.15, -0.1) is 0 Å². The average molecular weight is 446 g/mol. The van der Waals surface area contributed by atoms with Gasteiger partial charge in [0.05, 0.1) is 66.1 Å². The van der Waals surface area contributed by atoms with E-state index in [4.69, 9.17) is 34.2 Å². The molecule has 0 aromatic carbocycles. The minimum atomic E-state index is -0.902. The van der Waals surface area contributed by atoms with E-state index >= 15 is 0 Å². The maximum Gasteiger partial charge on any atom is 0.253 e. The Hall–Kier alpha value is -1.89. The number of rotatable bonds is 21. The summed E-state index contributed by atoms with van der Waals surface area (Å²) in [5, 5.41) is 0. The number of hydrogen-bond acceptors (Lipinski definition) is 9. The molecule has 1 rings (SSSR count). The number of primary amides is 1. The van der Waals surface area contributed by atoms with Crippen molar-refractivity contribution in [3.05, 3.63) is 12.2 Å². The number of nitrogens with two attached hydrogens (primary N) is 1. The smallest absolute Gasteiger partial charge is 0.253 e. The number of carbonyl (C=O) groups is 3. The molecular formula is C20H34N2O9. The summed E-state index contributed by atoms with van der Waals surface area (Å²) < 4.78 is 32.0. The van der Waals surface area contributed by atoms with Crippen LogP contribution in [-0.2, 0) is 42.8 Å². The molecule has 0 aromatic rings. The molecule has 0 aliphatic carbocycles. The molecule has 0 aromatic heterocycles. The van der Waals surface area contributed by atoms with Crippen LogP contribution >= 0.6 is 0 Å². The number of hydrogen-bond donors (Lipinski definition) is 1. The molecule has 1 atom stereocenters. The van der Waals surface area contributed by atoms with Crippen molar-refractivity contribution in [3.63, 3.8) is 0 Å². The van der Waals surface area contributed by atoms with Crippen molar-refractivity contribution in [3.8, 4) is 0 Å². The summed E-state index contributed by atoms with van der Waals surface area (Å²) in [5.74, 6) is -1.48. The molecule has 0 saturated heterocycles. The zero-order valence-corrected chi connectivity index (χ0v) is 18.1. The van der Waals surface area contributed by atoms with Gasteiger partial charge in [-0.2, -0.15) is 0 Å². The Labute approximate surface area is 182 Å². The van der Waals surface area contributed by atoms with Crippen LogP contribution in [0.25, 0.3) is 0 Å². The Morgan fingerprint density at radius 2 is 1.23 bits per heavy atom. The summed E-state index contributed by atoms with van der Waals surface area (Å²) in [6.45, 7) is 6.95. The zero-order valence-electron chi connectivity index (χ0n) is 18.1. The molecule has 0 radical (unpaired) electrons. The van der Waals surface area contributed by atoms with Crippen LogP contribution in [0.4, 0.5) is 0 Å². The van der Waals surface area contributed by atoms with Crippen molar-refractivity contribution in [2.24, 2.45) is 5.73 Å². The molecule has 11 heteroatoms. The van der Waals surface area contributed by atoms with Crippen molar-refractivity contribution in [2.75, 3.05) is 79.2 Å². The largest absolute Gasteiger partial charge is 0.379 e. The van der Waals surface area contributed by atoms with Gasteiger partial charge >= 0.3 is 0 Å². The van der Waals surface area contributed by atoms with Gasteiger partial charge in [-0.05, 0) is 6.92 Å². The van der Waals surface area contributed by atoms with Crippen LogP contribution in [-0.4, -0.2) is 108 Å². The van der Waals surface area contributed by atoms with Gasteiger partial charge in [-0.3, -0.25) is 19.3 Å². The third kappa shape index (κ3) is 13.2. The highest BCUT2D eigenvalue weighted by Crippen LogP contribution is 2.07. The van der Waals surface area contributed by atoms with E-state index in [9.17, 15) is 14.4 Å². The molecule has 1 unspecified atom stereocenters. The summed E-state index contributed by atoms with van der Waals surface area (Å²) in [5.41, 5.74) is 5.30. The number of nitrogens with zero attached hydrogens (tertiary/aromatic N) is 1. The Morgan fingerprint density at radius 3 is 1.65 bits per heavy atom. The van der Waals surface area contributed by atoms with Gasteiger partial charge in [0.2, 0.25) is 5.91 Å². The van der Waals surface area contributed by atoms with Gasteiger partial charge in [0, 0.05) is 31.7 Å². The monoisotopic (exact) mass is 446 g/mol. The first-order chi connectivity index (χ1) is 15.1. The molecular weight excluding hydrogens is 412 g/mol. The number of amides is 3. The van der Waals surface area contributed by atoms with E-state index in [1.165, 1.54) is 12.2 Å². The van der Waals surface area contributed by atoms with E-state index in [0.717, 1.165) is 4.90 Å². The van der Waals surface area contributed by atoms with Gasteiger partial charge in [0.1, 0.15) is 6.10 Å². The Morgan fingerprint density at radius 1 is 0.806 bits per heavy atom. The Bertz CT molecular complexity index is 539. The van der Waals surface area contributed by atoms with E-state index in [0.29, 0.717) is 59.5 Å². The quantitative estimate of drug-likeness (QED) is 0.179. The van der Waals surface area contributed by atoms with Crippen LogP contribution in [0.2, 0.25) is 0 Å². The van der Waals surface area contributed by atoms with Gasteiger partial charge in [-0.1, -0.05) is 0 Å². The number of imide groups is 1. The molecule has 0 saturated carbocycles. The molecule has 0 bridgehead atoms. The lowest BCUT2D eigenvalue weighted by atomic mass is 10.2. The average Bonchev–Trinajstić information content (AvgIpc) is 3.07. The lowest BCUT2D eigenvalue weighted by Gasteiger charge is -2.18. The fourth-order valence-corrected chi connectivity index (χ4v) is 2.48. The van der Waals surface area contributed by atoms with Crippen LogP contribution in [0.3, 0.4) is 0 Å². The second-order valence-corrected chi connectivity index (χ2v) is 6.36. The first-order valence-electron chi connectivity index (χ1n) is 10.4. The topological polar surface area (TPSA) is 136 Å². The molecule has 0 fully saturated rings. The highest BCUT2D eigenvalue weighted by atomic mass is 16.6. The number of carbonyl (C=O) groups excluding carboxylic acids is 3. The van der Waals surface area contributed by atoms with Crippen molar-refractivity contribution in [2.45, 2.75) is 19.4 Å². The van der Waals surface area contributed by atoms with E-state index in [1.54, 1.807) is 0 Å². The predicted molar refractivity (Wildman–Crippen MR) is 109 cm³/mol. The summed E-state index contributed by atoms with van der Waals surface area (Å²) in [6.07, 6.45) is 1.60. The normalized spacial score (nSPS) is 14.5. The minimum Gasteiger partial charge on any atom is -0.379 e. The molecule has 1 aliphatic rings. The van der Waals surface area contributed by atoms with Crippen LogP contribution in [0.1, 0.15) is 13.3 Å². The van der Waals surface area contributed by atoms with Gasteiger partial charge in [-0.25, -0.2) is 0 Å². The van der Waals surface area contributed by atoms with Crippen molar-refractivity contribution in [1.29, 1.82) is 0 Å². The van der Waals surface area contributed by atoms with Gasteiger partial charge < -0.3 is 34.2 Å². The standard InChI is InChI=1S/C20H34N2O9/c1-2-26-7-8-27-9-10-28-11-12-29-13-14-30-15-16-31-17(20(21)25)5-6-22-18(23)3-4-19(22)24/h3-4,17H,2,5-16H2,1H3,(H2,21,25). The second kappa shape index (κ2) is 17.8. The molecule has 178 valence electrons. The Kier molecular flexibility index (Phi) is 15.5. The molecule has 11 nitrogen and oxygen atoms in total. The lowest BCUT2D eigenvalue weighted by Crippen LogP contribution is -2.38. The first-order valence-corrected chi connectivity index (χ1v) is 10.4. The van der Waals surface area contributed by atoms with E-state index in [-0.39, 0.29) is 26.2 Å². The first kappa shape index (κ1) is 27.1. The maximum atomic E-state index is 11.5. The fraction of sp³-hybridized carbons (Fsp3) is 0.750. The maximum absolute atomic E-state index is 11.5. The van der Waals surface area contributed by atoms with E-state index in [2.05, 4.69) is 0 Å². The summed E-state index contributed by atoms with van der Waals surface area (Å²) in [6, 6.07) is 0. The molecule has 1 heterocycles. The molecule has 31 heavy (non-hydrogen) atoms. The van der Waals surface area contributed by atoms with E-state index < -0.39 is 23.8 Å². The van der Waals surface area contributed by atoms with Crippen LogP contribution in [0, 0.1) is 0 Å². The van der Waals surface area contributed by atoms with Crippen LogP contribution in [0.5, 0.6) is 0 Å². The third-order valence-electron chi connectivity index (χ3n) is 4.07. The van der Waals surface area contributed by atoms with Crippen molar-refractivity contribution < 1.29 is 42.8 Å². The minimum absolute atomic E-state index is 0.0639. The van der Waals surface area contributed by atoms with Gasteiger partial charge in [0.15, 0.2) is 0 Å². The van der Waals surface area contributed by atoms with Crippen LogP contribution in [0.15, 0.2) is 12.2 Å². The molecule has 0 spiro atoms. The second-order valence-electron chi connectivity index (χ2n) is 6.36. The molecule has 2 N–H and O–H groups in total. The number of ether oxygens (including phenoxy) is 6. The highest BCUT2D eigenvalue weighted by Gasteiger charge is 2.25. The highest BCUT2D eigenvalue weighted by molar-refractivity contribution is 6.12. The summed E-state index contributed by atoms with van der Waals surface area (Å²) in [4.78, 5) is 35.5. The van der Waals surface area contributed by atoms with Crippen molar-refractivity contribution in [1.82, 2.24) is 4.90 Å². The summed E-state index contributed by atoms with van der Waals surface area (Å²) >= 11 is 0. The molecule has 3 amide bonds. The van der Waals surface area contributed by atoms with Crippen molar-refractivity contribution >= 4 is 17.7 Å². The van der Waals surface area contributed by atoms with E-state index in [1.807, 2.05) is 6.92 Å². The lowest BCUT2D eigenvalue weighted by molar-refractivity contribution is -0.139. The fourth-order valence-electron chi connectivity index (χ4n) is 2.48. The van der Waals surface area contributed by atoms with Gasteiger partial charge in [0.25, 0.3) is 11.8 Å². The summed E-state index contributed by atoms with van der Waals surface area (Å²) in [7, 11) is 0. The zero-order chi connectivity index (χ0) is 22.7. The third-order valence-corrected chi connectivity index (χ3v) is 4.07. The Balaban J connectivity index is 1.91. The predicted octanol–water partition coefficient (Wildman–Crippen LogP) is -0.725. The SMILES string of the molecule is CCOCCOCCOCCOCCOCCOC(CCN1C(=O)C=CC1=O)C(N)=O.